The summed E-state index contributed by atoms with van der Waals surface area (Å²) in [7, 11) is 0. The third kappa shape index (κ3) is 2.38. The number of nitrogens with zero attached hydrogens (tertiary/aromatic N) is 6. The van der Waals surface area contributed by atoms with E-state index < -0.39 is 0 Å². The molecule has 4 aromatic heterocycles. The van der Waals surface area contributed by atoms with Gasteiger partial charge in [0.2, 0.25) is 0 Å². The van der Waals surface area contributed by atoms with E-state index >= 15 is 0 Å². The second-order valence-corrected chi connectivity index (χ2v) is 8.41. The summed E-state index contributed by atoms with van der Waals surface area (Å²) >= 11 is 1.79. The summed E-state index contributed by atoms with van der Waals surface area (Å²) in [6.45, 7) is 0. The van der Waals surface area contributed by atoms with Gasteiger partial charge in [0.1, 0.15) is 28.4 Å². The first-order valence-electron chi connectivity index (χ1n) is 9.79. The Bertz CT molecular complexity index is 1770. The normalized spacial score (nSPS) is 11.9. The molecule has 0 spiro atoms. The van der Waals surface area contributed by atoms with Crippen LogP contribution in [-0.2, 0) is 0 Å². The highest BCUT2D eigenvalue weighted by Crippen LogP contribution is 2.36. The molecule has 0 saturated heterocycles. The van der Waals surface area contributed by atoms with E-state index in [0.717, 1.165) is 27.4 Å². The minimum Gasteiger partial charge on any atom is -0.254 e. The first-order chi connectivity index (χ1) is 15.4. The molecule has 31 heavy (non-hydrogen) atoms. The fourth-order valence-electron chi connectivity index (χ4n) is 4.16. The fourth-order valence-corrected chi connectivity index (χ4v) is 5.25. The highest BCUT2D eigenvalue weighted by atomic mass is 32.1. The van der Waals surface area contributed by atoms with Crippen LogP contribution in [0.3, 0.4) is 0 Å². The topological polar surface area (TPSA) is 77.3 Å². The van der Waals surface area contributed by atoms with Crippen LogP contribution in [-0.4, -0.2) is 30.1 Å². The van der Waals surface area contributed by atoms with Gasteiger partial charge in [0.05, 0.1) is 0 Å². The molecular weight excluding hydrogens is 404 g/mol. The van der Waals surface area contributed by atoms with Crippen molar-refractivity contribution in [3.8, 4) is 11.4 Å². The third-order valence-corrected chi connectivity index (χ3v) is 6.73. The molecule has 0 aliphatic rings. The Morgan fingerprint density at radius 3 is 2.52 bits per heavy atom. The molecule has 0 N–H and O–H groups in total. The number of aromatic nitrogens is 6. The standard InChI is InChI=1S/C24H12N6S/c1-2-6-18-14(4-1)16-10-13(7-8-19(16)31-18)24-28-22-21-17(11-25-12-27-21)15-5-3-9-26-20(15)23(22)29-30-24/h1-12H. The van der Waals surface area contributed by atoms with Gasteiger partial charge in [-0.05, 0) is 30.3 Å². The molecule has 7 aromatic rings. The molecule has 144 valence electrons. The molecule has 0 radical (unpaired) electrons. The summed E-state index contributed by atoms with van der Waals surface area (Å²) in [6, 6.07) is 18.7. The van der Waals surface area contributed by atoms with Crippen LogP contribution >= 0.6 is 11.3 Å². The van der Waals surface area contributed by atoms with Gasteiger partial charge in [-0.3, -0.25) is 4.98 Å². The lowest BCUT2D eigenvalue weighted by molar-refractivity contribution is 1.04. The number of hydrogen-bond acceptors (Lipinski definition) is 7. The maximum Gasteiger partial charge on any atom is 0.182 e. The summed E-state index contributed by atoms with van der Waals surface area (Å²) < 4.78 is 2.51. The molecule has 0 unspecified atom stereocenters. The Hall–Kier alpha value is -4.10. The van der Waals surface area contributed by atoms with E-state index in [1.165, 1.54) is 26.5 Å². The maximum absolute atomic E-state index is 4.89. The van der Waals surface area contributed by atoms with Crippen molar-refractivity contribution in [2.45, 2.75) is 0 Å². The number of pyridine rings is 1. The molecule has 6 nitrogen and oxygen atoms in total. The average Bonchev–Trinajstić information content (AvgIpc) is 3.22. The van der Waals surface area contributed by atoms with Crippen LogP contribution in [0, 0.1) is 0 Å². The van der Waals surface area contributed by atoms with E-state index in [9.17, 15) is 0 Å². The van der Waals surface area contributed by atoms with Crippen molar-refractivity contribution in [1.29, 1.82) is 0 Å². The molecule has 0 atom stereocenters. The second-order valence-electron chi connectivity index (χ2n) is 7.33. The Kier molecular flexibility index (Phi) is 3.33. The summed E-state index contributed by atoms with van der Waals surface area (Å²) in [6.07, 6.45) is 5.09. The van der Waals surface area contributed by atoms with Crippen molar-refractivity contribution in [3.05, 3.63) is 73.3 Å². The monoisotopic (exact) mass is 416 g/mol. The summed E-state index contributed by atoms with van der Waals surface area (Å²) in [5.41, 5.74) is 3.76. The molecule has 0 amide bonds. The van der Waals surface area contributed by atoms with Gasteiger partial charge in [0.15, 0.2) is 5.82 Å². The maximum atomic E-state index is 4.89. The van der Waals surface area contributed by atoms with Crippen LogP contribution in [0.5, 0.6) is 0 Å². The summed E-state index contributed by atoms with van der Waals surface area (Å²) in [5.74, 6) is 0.569. The highest BCUT2D eigenvalue weighted by Gasteiger charge is 2.15. The molecule has 0 aliphatic heterocycles. The van der Waals surface area contributed by atoms with Crippen LogP contribution in [0.25, 0.3) is 64.4 Å². The number of benzene rings is 3. The first kappa shape index (κ1) is 16.7. The first-order valence-corrected chi connectivity index (χ1v) is 10.6. The Balaban J connectivity index is 1.54. The largest absolute Gasteiger partial charge is 0.254 e. The van der Waals surface area contributed by atoms with E-state index in [4.69, 9.17) is 4.98 Å². The van der Waals surface area contributed by atoms with Crippen LogP contribution in [0.15, 0.2) is 73.3 Å². The van der Waals surface area contributed by atoms with Gasteiger partial charge < -0.3 is 0 Å². The molecule has 0 aliphatic carbocycles. The Morgan fingerprint density at radius 2 is 1.52 bits per heavy atom. The van der Waals surface area contributed by atoms with E-state index in [0.29, 0.717) is 16.9 Å². The molecule has 0 fully saturated rings. The van der Waals surface area contributed by atoms with Gasteiger partial charge in [0, 0.05) is 48.9 Å². The SMILES string of the molecule is c1ccc2c(c1)sc1ccc(-c3nnc4c5ncccc5c5cncnc5c4n3)cc12. The number of thiophene rings is 1. The van der Waals surface area contributed by atoms with Crippen LogP contribution in [0.1, 0.15) is 0 Å². The molecule has 7 heteroatoms. The van der Waals surface area contributed by atoms with Crippen molar-refractivity contribution in [3.63, 3.8) is 0 Å². The zero-order valence-electron chi connectivity index (χ0n) is 16.0. The third-order valence-electron chi connectivity index (χ3n) is 5.58. The second kappa shape index (κ2) is 6.20. The molecule has 4 heterocycles. The van der Waals surface area contributed by atoms with E-state index in [1.54, 1.807) is 23.7 Å². The average molecular weight is 416 g/mol. The van der Waals surface area contributed by atoms with Gasteiger partial charge >= 0.3 is 0 Å². The van der Waals surface area contributed by atoms with Gasteiger partial charge in [-0.2, -0.15) is 0 Å². The number of fused-ring (bicyclic) bond motifs is 9. The summed E-state index contributed by atoms with van der Waals surface area (Å²) in [5, 5.41) is 13.3. The fraction of sp³-hybridized carbons (Fsp3) is 0. The van der Waals surface area contributed by atoms with Crippen LogP contribution < -0.4 is 0 Å². The van der Waals surface area contributed by atoms with E-state index in [2.05, 4.69) is 67.6 Å². The van der Waals surface area contributed by atoms with Crippen molar-refractivity contribution in [1.82, 2.24) is 30.1 Å². The van der Waals surface area contributed by atoms with E-state index in [1.807, 2.05) is 12.1 Å². The van der Waals surface area contributed by atoms with Gasteiger partial charge in [-0.15, -0.1) is 21.5 Å². The van der Waals surface area contributed by atoms with Gasteiger partial charge in [0.25, 0.3) is 0 Å². The molecule has 0 saturated carbocycles. The van der Waals surface area contributed by atoms with Crippen LogP contribution in [0.4, 0.5) is 0 Å². The van der Waals surface area contributed by atoms with E-state index in [-0.39, 0.29) is 0 Å². The lowest BCUT2D eigenvalue weighted by Gasteiger charge is -2.07. The van der Waals surface area contributed by atoms with Crippen molar-refractivity contribution in [2.75, 3.05) is 0 Å². The zero-order chi connectivity index (χ0) is 20.4. The quantitative estimate of drug-likeness (QED) is 0.327. The lowest BCUT2D eigenvalue weighted by atomic mass is 10.1. The Labute approximate surface area is 179 Å². The minimum atomic E-state index is 0.569. The van der Waals surface area contributed by atoms with Crippen molar-refractivity contribution < 1.29 is 0 Å². The molecule has 7 rings (SSSR count). The van der Waals surface area contributed by atoms with Crippen LogP contribution in [0.2, 0.25) is 0 Å². The van der Waals surface area contributed by atoms with Crippen molar-refractivity contribution >= 4 is 64.3 Å². The molecule has 0 bridgehead atoms. The zero-order valence-corrected chi connectivity index (χ0v) is 16.8. The predicted octanol–water partition coefficient (Wildman–Crippen LogP) is 5.55. The smallest absolute Gasteiger partial charge is 0.182 e. The summed E-state index contributed by atoms with van der Waals surface area (Å²) in [4.78, 5) is 18.1. The predicted molar refractivity (Wildman–Crippen MR) is 124 cm³/mol. The Morgan fingerprint density at radius 1 is 0.645 bits per heavy atom. The number of rotatable bonds is 1. The van der Waals surface area contributed by atoms with Crippen molar-refractivity contribution in [2.24, 2.45) is 0 Å². The lowest BCUT2D eigenvalue weighted by Crippen LogP contribution is -1.98. The van der Waals surface area contributed by atoms with Gasteiger partial charge in [-0.25, -0.2) is 15.0 Å². The highest BCUT2D eigenvalue weighted by molar-refractivity contribution is 7.25. The molecular formula is C24H12N6S. The minimum absolute atomic E-state index is 0.569. The molecule has 3 aromatic carbocycles. The number of hydrogen-bond donors (Lipinski definition) is 0. The van der Waals surface area contributed by atoms with Gasteiger partial charge in [-0.1, -0.05) is 24.3 Å².